The van der Waals surface area contributed by atoms with Gasteiger partial charge in [0.2, 0.25) is 5.91 Å². The molecular formula is C19H28N2O3. The minimum absolute atomic E-state index is 0.172. The zero-order valence-corrected chi connectivity index (χ0v) is 14.5. The summed E-state index contributed by atoms with van der Waals surface area (Å²) in [6.45, 7) is 6.04. The summed E-state index contributed by atoms with van der Waals surface area (Å²) in [6, 6.07) is 9.98. The summed E-state index contributed by atoms with van der Waals surface area (Å²) in [5.74, 6) is 0.730. The normalized spacial score (nSPS) is 25.1. The van der Waals surface area contributed by atoms with Crippen LogP contribution in [-0.4, -0.2) is 74.9 Å². The lowest BCUT2D eigenvalue weighted by Gasteiger charge is -2.38. The first kappa shape index (κ1) is 17.4. The van der Waals surface area contributed by atoms with Crippen LogP contribution in [0.15, 0.2) is 30.3 Å². The largest absolute Gasteiger partial charge is 0.383 e. The molecule has 1 aromatic rings. The number of carbonyl (C=O) groups is 1. The van der Waals surface area contributed by atoms with Gasteiger partial charge in [0.15, 0.2) is 0 Å². The molecule has 0 aliphatic carbocycles. The molecule has 1 aromatic carbocycles. The number of methoxy groups -OCH3 is 1. The third-order valence-corrected chi connectivity index (χ3v) is 5.09. The first-order chi connectivity index (χ1) is 11.8. The summed E-state index contributed by atoms with van der Waals surface area (Å²) in [6.07, 6.45) is 1.68. The zero-order valence-electron chi connectivity index (χ0n) is 14.5. The molecule has 24 heavy (non-hydrogen) atoms. The second kappa shape index (κ2) is 8.60. The van der Waals surface area contributed by atoms with E-state index in [1.165, 1.54) is 0 Å². The zero-order chi connectivity index (χ0) is 16.8. The molecule has 0 bridgehead atoms. The van der Waals surface area contributed by atoms with E-state index in [1.54, 1.807) is 7.11 Å². The highest BCUT2D eigenvalue weighted by atomic mass is 16.5. The van der Waals surface area contributed by atoms with E-state index < -0.39 is 0 Å². The Morgan fingerprint density at radius 2 is 2.08 bits per heavy atom. The predicted octanol–water partition coefficient (Wildman–Crippen LogP) is 1.42. The summed E-state index contributed by atoms with van der Waals surface area (Å²) in [4.78, 5) is 17.0. The maximum absolute atomic E-state index is 12.6. The van der Waals surface area contributed by atoms with Gasteiger partial charge in [-0.2, -0.15) is 0 Å². The fourth-order valence-corrected chi connectivity index (χ4v) is 3.65. The molecule has 0 unspecified atom stereocenters. The molecule has 2 aliphatic heterocycles. The fraction of sp³-hybridized carbons (Fsp3) is 0.632. The number of nitrogens with zero attached hydrogens (tertiary/aromatic N) is 2. The minimum atomic E-state index is 0.172. The molecule has 0 radical (unpaired) electrons. The molecule has 2 saturated heterocycles. The van der Waals surface area contributed by atoms with E-state index in [4.69, 9.17) is 9.47 Å². The lowest BCUT2D eigenvalue weighted by Crippen LogP contribution is -2.49. The van der Waals surface area contributed by atoms with Gasteiger partial charge in [-0.25, -0.2) is 0 Å². The van der Waals surface area contributed by atoms with Gasteiger partial charge in [-0.15, -0.1) is 0 Å². The van der Waals surface area contributed by atoms with Crippen molar-refractivity contribution in [2.45, 2.75) is 18.9 Å². The number of hydrogen-bond acceptors (Lipinski definition) is 4. The second-order valence-electron chi connectivity index (χ2n) is 6.75. The number of likely N-dealkylation sites (tertiary alicyclic amines) is 1. The Hall–Kier alpha value is -1.43. The average Bonchev–Trinajstić information content (AvgIpc) is 2.82. The third-order valence-electron chi connectivity index (χ3n) is 5.09. The molecule has 2 heterocycles. The Morgan fingerprint density at radius 3 is 2.88 bits per heavy atom. The van der Waals surface area contributed by atoms with Gasteiger partial charge in [0.05, 0.1) is 25.7 Å². The Morgan fingerprint density at radius 1 is 1.25 bits per heavy atom. The Bertz CT molecular complexity index is 523. The van der Waals surface area contributed by atoms with Gasteiger partial charge in [-0.3, -0.25) is 9.69 Å². The maximum Gasteiger partial charge on any atom is 0.227 e. The maximum atomic E-state index is 12.6. The number of carbonyl (C=O) groups excluding carboxylic acids is 1. The summed E-state index contributed by atoms with van der Waals surface area (Å²) >= 11 is 0. The Balaban J connectivity index is 1.53. The lowest BCUT2D eigenvalue weighted by atomic mass is 9.93. The molecule has 1 amide bonds. The van der Waals surface area contributed by atoms with Crippen LogP contribution in [0.1, 0.15) is 12.0 Å². The first-order valence-corrected chi connectivity index (χ1v) is 8.91. The molecule has 0 aromatic heterocycles. The summed E-state index contributed by atoms with van der Waals surface area (Å²) in [7, 11) is 1.74. The molecule has 2 aliphatic rings. The highest BCUT2D eigenvalue weighted by Gasteiger charge is 2.34. The Kier molecular flexibility index (Phi) is 6.24. The number of fused-ring (bicyclic) bond motifs is 1. The van der Waals surface area contributed by atoms with Crippen molar-refractivity contribution in [2.24, 2.45) is 5.92 Å². The van der Waals surface area contributed by atoms with E-state index in [-0.39, 0.29) is 12.0 Å². The highest BCUT2D eigenvalue weighted by Crippen LogP contribution is 2.24. The van der Waals surface area contributed by atoms with Crippen LogP contribution in [0.25, 0.3) is 0 Å². The molecule has 0 spiro atoms. The van der Waals surface area contributed by atoms with E-state index in [1.807, 2.05) is 35.2 Å². The van der Waals surface area contributed by atoms with Gasteiger partial charge in [0.25, 0.3) is 0 Å². The topological polar surface area (TPSA) is 42.0 Å². The number of amides is 1. The molecular weight excluding hydrogens is 304 g/mol. The van der Waals surface area contributed by atoms with E-state index in [0.717, 1.165) is 57.9 Å². The molecule has 0 N–H and O–H groups in total. The molecule has 5 heteroatoms. The summed E-state index contributed by atoms with van der Waals surface area (Å²) in [5.41, 5.74) is 1.08. The summed E-state index contributed by atoms with van der Waals surface area (Å²) in [5, 5.41) is 0. The monoisotopic (exact) mass is 332 g/mol. The number of rotatable bonds is 5. The van der Waals surface area contributed by atoms with Gasteiger partial charge in [0, 0.05) is 45.8 Å². The van der Waals surface area contributed by atoms with E-state index in [2.05, 4.69) is 4.90 Å². The van der Waals surface area contributed by atoms with Gasteiger partial charge in [0.1, 0.15) is 0 Å². The SMILES string of the molecule is COCCN1CCO[C@@H]2CN(C(=O)Cc3ccccc3)CC[C@@H]2C1. The van der Waals surface area contributed by atoms with E-state index in [0.29, 0.717) is 12.3 Å². The third kappa shape index (κ3) is 4.56. The van der Waals surface area contributed by atoms with Crippen molar-refractivity contribution in [2.75, 3.05) is 53.0 Å². The van der Waals surface area contributed by atoms with Crippen molar-refractivity contribution in [1.82, 2.24) is 9.80 Å². The quantitative estimate of drug-likeness (QED) is 0.818. The van der Waals surface area contributed by atoms with Crippen LogP contribution in [0.4, 0.5) is 0 Å². The van der Waals surface area contributed by atoms with Crippen molar-refractivity contribution in [3.8, 4) is 0 Å². The Labute approximate surface area is 144 Å². The van der Waals surface area contributed by atoms with Crippen molar-refractivity contribution in [1.29, 1.82) is 0 Å². The van der Waals surface area contributed by atoms with Crippen LogP contribution in [0.2, 0.25) is 0 Å². The average molecular weight is 332 g/mol. The van der Waals surface area contributed by atoms with E-state index >= 15 is 0 Å². The van der Waals surface area contributed by atoms with Crippen LogP contribution in [-0.2, 0) is 20.7 Å². The standard InChI is InChI=1S/C19H28N2O3/c1-23-11-9-20-10-12-24-18-15-21(8-7-17(18)14-20)19(22)13-16-5-3-2-4-6-16/h2-6,17-18H,7-15H2,1H3/t17-,18-/m1/s1. The molecule has 2 fully saturated rings. The number of ether oxygens (including phenoxy) is 2. The second-order valence-corrected chi connectivity index (χ2v) is 6.75. The predicted molar refractivity (Wildman–Crippen MR) is 92.9 cm³/mol. The molecule has 3 rings (SSSR count). The van der Waals surface area contributed by atoms with Crippen LogP contribution in [0, 0.1) is 5.92 Å². The van der Waals surface area contributed by atoms with Crippen molar-refractivity contribution in [3.05, 3.63) is 35.9 Å². The van der Waals surface area contributed by atoms with Crippen LogP contribution >= 0.6 is 0 Å². The molecule has 0 saturated carbocycles. The van der Waals surface area contributed by atoms with E-state index in [9.17, 15) is 4.79 Å². The van der Waals surface area contributed by atoms with Crippen molar-refractivity contribution >= 4 is 5.91 Å². The summed E-state index contributed by atoms with van der Waals surface area (Å²) < 4.78 is 11.3. The lowest BCUT2D eigenvalue weighted by molar-refractivity contribution is -0.136. The first-order valence-electron chi connectivity index (χ1n) is 8.91. The number of piperidine rings is 1. The highest BCUT2D eigenvalue weighted by molar-refractivity contribution is 5.78. The number of hydrogen-bond donors (Lipinski definition) is 0. The smallest absolute Gasteiger partial charge is 0.227 e. The van der Waals surface area contributed by atoms with Crippen LogP contribution in [0.3, 0.4) is 0 Å². The molecule has 5 nitrogen and oxygen atoms in total. The number of benzene rings is 1. The van der Waals surface area contributed by atoms with Gasteiger partial charge in [-0.05, 0) is 12.0 Å². The van der Waals surface area contributed by atoms with Crippen molar-refractivity contribution < 1.29 is 14.3 Å². The van der Waals surface area contributed by atoms with Crippen molar-refractivity contribution in [3.63, 3.8) is 0 Å². The molecule has 132 valence electrons. The van der Waals surface area contributed by atoms with Gasteiger partial charge < -0.3 is 14.4 Å². The molecule has 2 atom stereocenters. The van der Waals surface area contributed by atoms with Crippen LogP contribution < -0.4 is 0 Å². The van der Waals surface area contributed by atoms with Gasteiger partial charge >= 0.3 is 0 Å². The fourth-order valence-electron chi connectivity index (χ4n) is 3.65. The minimum Gasteiger partial charge on any atom is -0.383 e. The van der Waals surface area contributed by atoms with Gasteiger partial charge in [-0.1, -0.05) is 30.3 Å². The van der Waals surface area contributed by atoms with Crippen LogP contribution in [0.5, 0.6) is 0 Å².